The summed E-state index contributed by atoms with van der Waals surface area (Å²) in [6.07, 6.45) is 3.13. The molecule has 178 valence electrons. The highest BCUT2D eigenvalue weighted by Gasteiger charge is 2.46. The van der Waals surface area contributed by atoms with Gasteiger partial charge in [-0.2, -0.15) is 9.72 Å². The van der Waals surface area contributed by atoms with Crippen LogP contribution in [0.5, 0.6) is 0 Å². The van der Waals surface area contributed by atoms with Crippen LogP contribution < -0.4 is 22.1 Å². The van der Waals surface area contributed by atoms with Crippen molar-refractivity contribution in [2.45, 2.75) is 57.5 Å². The molecule has 0 bridgehead atoms. The molecule has 2 amide bonds. The lowest BCUT2D eigenvalue weighted by molar-refractivity contribution is -0.106. The van der Waals surface area contributed by atoms with Crippen molar-refractivity contribution in [3.8, 4) is 0 Å². The lowest BCUT2D eigenvalue weighted by Gasteiger charge is -2.37. The van der Waals surface area contributed by atoms with Crippen LogP contribution in [0.4, 0.5) is 11.4 Å². The smallest absolute Gasteiger partial charge is 0.329 e. The number of aryl methyl sites for hydroxylation is 2. The fourth-order valence-electron chi connectivity index (χ4n) is 5.12. The van der Waals surface area contributed by atoms with E-state index in [1.165, 1.54) is 0 Å². The zero-order valence-electron chi connectivity index (χ0n) is 19.5. The van der Waals surface area contributed by atoms with E-state index in [9.17, 15) is 14.4 Å². The number of nitrogens with zero attached hydrogens (tertiary/aromatic N) is 2. The Bertz CT molecular complexity index is 1210. The monoisotopic (exact) mass is 463 g/mol. The van der Waals surface area contributed by atoms with Crippen molar-refractivity contribution < 1.29 is 14.1 Å². The summed E-state index contributed by atoms with van der Waals surface area (Å²) >= 11 is 0. The zero-order chi connectivity index (χ0) is 24.5. The number of nitrogens with two attached hydrogens (primary N) is 1. The lowest BCUT2D eigenvalue weighted by atomic mass is 9.68. The van der Waals surface area contributed by atoms with Crippen molar-refractivity contribution in [2.75, 3.05) is 10.6 Å². The second-order valence-corrected chi connectivity index (χ2v) is 9.07. The Balaban J connectivity index is 2.12. The predicted octanol–water partition coefficient (Wildman–Crippen LogP) is 2.72. The van der Waals surface area contributed by atoms with Gasteiger partial charge in [0.15, 0.2) is 5.82 Å². The first kappa shape index (κ1) is 23.4. The fourth-order valence-corrected chi connectivity index (χ4v) is 5.12. The van der Waals surface area contributed by atoms with Gasteiger partial charge >= 0.3 is 5.76 Å². The average Bonchev–Trinajstić information content (AvgIpc) is 3.14. The van der Waals surface area contributed by atoms with E-state index in [0.717, 1.165) is 22.3 Å². The molecule has 1 aliphatic rings. The van der Waals surface area contributed by atoms with Crippen LogP contribution in [0.25, 0.3) is 0 Å². The summed E-state index contributed by atoms with van der Waals surface area (Å²) in [5.41, 5.74) is 10.9. The number of rotatable bonds is 8. The number of benzene rings is 2. The first-order valence-corrected chi connectivity index (χ1v) is 11.3. The largest absolute Gasteiger partial charge is 0.459 e. The number of carbonyl (C=O) groups excluding carboxylic acids is 2. The molecule has 4 rings (SSSR count). The van der Waals surface area contributed by atoms with Gasteiger partial charge in [-0.05, 0) is 86.6 Å². The van der Waals surface area contributed by atoms with Crippen LogP contribution in [0.2, 0.25) is 0 Å². The highest BCUT2D eigenvalue weighted by molar-refractivity contribution is 5.74. The molecule has 0 fully saturated rings. The highest BCUT2D eigenvalue weighted by Crippen LogP contribution is 2.48. The first-order chi connectivity index (χ1) is 16.3. The number of aromatic nitrogens is 2. The predicted molar refractivity (Wildman–Crippen MR) is 129 cm³/mol. The van der Waals surface area contributed by atoms with Gasteiger partial charge < -0.3 is 20.9 Å². The fraction of sp³-hybridized carbons (Fsp3) is 0.360. The van der Waals surface area contributed by atoms with Crippen LogP contribution in [0.3, 0.4) is 0 Å². The van der Waals surface area contributed by atoms with Gasteiger partial charge in [0.25, 0.3) is 0 Å². The SMILES string of the molecule is CC(C)n1oc(=O)nc1C1(C[C@H](C)N)c2ccc(NC=O)cc2CCc2cc(NC=O)ccc21. The molecular formula is C25H29N5O4. The topological polar surface area (TPSA) is 132 Å². The quantitative estimate of drug-likeness (QED) is 0.440. The van der Waals surface area contributed by atoms with E-state index in [1.54, 1.807) is 4.74 Å². The summed E-state index contributed by atoms with van der Waals surface area (Å²) in [7, 11) is 0. The number of carbonyl (C=O) groups is 2. The minimum absolute atomic E-state index is 0.155. The minimum atomic E-state index is -0.884. The molecule has 4 N–H and O–H groups in total. The van der Waals surface area contributed by atoms with Gasteiger partial charge in [0, 0.05) is 17.4 Å². The third-order valence-electron chi connectivity index (χ3n) is 6.31. The summed E-state index contributed by atoms with van der Waals surface area (Å²) in [6.45, 7) is 5.79. The van der Waals surface area contributed by atoms with Gasteiger partial charge in [0.2, 0.25) is 12.8 Å². The highest BCUT2D eigenvalue weighted by atomic mass is 16.5. The Morgan fingerprint density at radius 1 is 1.03 bits per heavy atom. The number of fused-ring (bicyclic) bond motifs is 2. The second-order valence-electron chi connectivity index (χ2n) is 9.07. The summed E-state index contributed by atoms with van der Waals surface area (Å²) < 4.78 is 7.09. The van der Waals surface area contributed by atoms with Crippen molar-refractivity contribution in [1.29, 1.82) is 0 Å². The summed E-state index contributed by atoms with van der Waals surface area (Å²) in [5, 5.41) is 5.45. The molecule has 0 saturated heterocycles. The molecule has 1 aromatic heterocycles. The third-order valence-corrected chi connectivity index (χ3v) is 6.31. The van der Waals surface area contributed by atoms with Crippen molar-refractivity contribution in [3.05, 3.63) is 75.0 Å². The summed E-state index contributed by atoms with van der Waals surface area (Å²) in [4.78, 5) is 39.0. The summed E-state index contributed by atoms with van der Waals surface area (Å²) in [5.74, 6) is -0.181. The average molecular weight is 464 g/mol. The zero-order valence-corrected chi connectivity index (χ0v) is 19.5. The molecule has 9 heteroatoms. The standard InChI is InChI=1S/C25H29N5O4/c1-15(2)30-23(29-24(33)34-30)25(12-16(3)26)21-8-6-19(27-13-31)10-17(21)4-5-18-11-20(28-14-32)7-9-22(18)25/h6-11,13-16H,4-5,12,26H2,1-3H3,(H,27,31)(H,28,32)/t16-/m0/s1. The van der Waals surface area contributed by atoms with Crippen LogP contribution >= 0.6 is 0 Å². The molecule has 0 aliphatic heterocycles. The molecule has 34 heavy (non-hydrogen) atoms. The van der Waals surface area contributed by atoms with Gasteiger partial charge in [-0.15, -0.1) is 0 Å². The Kier molecular flexibility index (Phi) is 6.39. The van der Waals surface area contributed by atoms with Crippen LogP contribution in [0, 0.1) is 0 Å². The van der Waals surface area contributed by atoms with E-state index in [2.05, 4.69) is 15.6 Å². The van der Waals surface area contributed by atoms with E-state index in [0.29, 0.717) is 49.3 Å². The van der Waals surface area contributed by atoms with Crippen molar-refractivity contribution >= 4 is 24.2 Å². The number of amides is 2. The van der Waals surface area contributed by atoms with Gasteiger partial charge in [0.05, 0.1) is 11.5 Å². The normalized spacial score (nSPS) is 15.1. The molecule has 0 spiro atoms. The Hall–Kier alpha value is -3.72. The Morgan fingerprint density at radius 2 is 1.56 bits per heavy atom. The van der Waals surface area contributed by atoms with Crippen LogP contribution in [-0.2, 0) is 27.8 Å². The number of hydrogen-bond donors (Lipinski definition) is 3. The van der Waals surface area contributed by atoms with Gasteiger partial charge in [0.1, 0.15) is 0 Å². The van der Waals surface area contributed by atoms with Crippen LogP contribution in [0.15, 0.2) is 45.7 Å². The number of anilines is 2. The minimum Gasteiger partial charge on any atom is -0.329 e. The van der Waals surface area contributed by atoms with Gasteiger partial charge in [-0.25, -0.2) is 4.79 Å². The van der Waals surface area contributed by atoms with E-state index in [-0.39, 0.29) is 12.1 Å². The molecule has 3 aromatic rings. The molecule has 1 atom stereocenters. The molecule has 1 aliphatic carbocycles. The maximum absolute atomic E-state index is 12.4. The second kappa shape index (κ2) is 9.26. The van der Waals surface area contributed by atoms with Gasteiger partial charge in [-0.3, -0.25) is 9.59 Å². The molecule has 0 saturated carbocycles. The van der Waals surface area contributed by atoms with Gasteiger partial charge in [-0.1, -0.05) is 12.1 Å². The molecule has 0 unspecified atom stereocenters. The van der Waals surface area contributed by atoms with Crippen LogP contribution in [-0.4, -0.2) is 28.6 Å². The Labute approximate surface area is 197 Å². The number of hydrogen-bond acceptors (Lipinski definition) is 6. The maximum Gasteiger partial charge on any atom is 0.459 e. The molecule has 0 radical (unpaired) electrons. The maximum atomic E-state index is 12.4. The molecular weight excluding hydrogens is 434 g/mol. The van der Waals surface area contributed by atoms with Crippen molar-refractivity contribution in [1.82, 2.24) is 9.72 Å². The van der Waals surface area contributed by atoms with E-state index < -0.39 is 11.2 Å². The van der Waals surface area contributed by atoms with E-state index in [4.69, 9.17) is 10.3 Å². The van der Waals surface area contributed by atoms with Crippen LogP contribution in [0.1, 0.15) is 61.3 Å². The number of nitrogens with one attached hydrogen (secondary N) is 2. The lowest BCUT2D eigenvalue weighted by Crippen LogP contribution is -2.39. The summed E-state index contributed by atoms with van der Waals surface area (Å²) in [6, 6.07) is 11.1. The van der Waals surface area contributed by atoms with E-state index >= 15 is 0 Å². The first-order valence-electron chi connectivity index (χ1n) is 11.3. The van der Waals surface area contributed by atoms with E-state index in [1.807, 2.05) is 57.2 Å². The Morgan fingerprint density at radius 3 is 2.00 bits per heavy atom. The third kappa shape index (κ3) is 4.03. The van der Waals surface area contributed by atoms with Crippen molar-refractivity contribution in [3.63, 3.8) is 0 Å². The molecule has 9 nitrogen and oxygen atoms in total. The van der Waals surface area contributed by atoms with Crippen molar-refractivity contribution in [2.24, 2.45) is 5.73 Å². The molecule has 2 aromatic carbocycles. The molecule has 1 heterocycles.